The molecule has 0 radical (unpaired) electrons. The molecule has 0 spiro atoms. The van der Waals surface area contributed by atoms with Crippen molar-refractivity contribution in [3.8, 4) is 0 Å². The number of hydrogen-bond acceptors (Lipinski definition) is 1. The van der Waals surface area contributed by atoms with Gasteiger partial charge in [-0.1, -0.05) is 25.2 Å². The number of hydrogen-bond donors (Lipinski definition) is 0. The van der Waals surface area contributed by atoms with E-state index in [0.29, 0.717) is 0 Å². The highest BCUT2D eigenvalue weighted by atomic mass is 14.7. The van der Waals surface area contributed by atoms with Crippen LogP contribution in [0.1, 0.15) is 20.3 Å². The maximum atomic E-state index is 3.96. The van der Waals surface area contributed by atoms with Gasteiger partial charge in [0.15, 0.2) is 0 Å². The highest BCUT2D eigenvalue weighted by Gasteiger charge is 1.76. The Bertz CT molecular complexity index is 132. The highest BCUT2D eigenvalue weighted by molar-refractivity contribution is 5.70. The monoisotopic (exact) mass is 123 g/mol. The Hall–Kier alpha value is -0.850. The van der Waals surface area contributed by atoms with Gasteiger partial charge in [0.1, 0.15) is 0 Å². The van der Waals surface area contributed by atoms with Crippen molar-refractivity contribution in [3.63, 3.8) is 0 Å². The molecule has 0 aromatic rings. The first kappa shape index (κ1) is 8.15. The third kappa shape index (κ3) is 5.01. The summed E-state index contributed by atoms with van der Waals surface area (Å²) < 4.78 is 0. The molecule has 0 amide bonds. The first-order chi connectivity index (χ1) is 4.31. The first-order valence-electron chi connectivity index (χ1n) is 3.11. The Morgan fingerprint density at radius 1 is 1.67 bits per heavy atom. The van der Waals surface area contributed by atoms with E-state index in [1.54, 1.807) is 12.3 Å². The van der Waals surface area contributed by atoms with Gasteiger partial charge in [0, 0.05) is 12.4 Å². The molecule has 0 aromatic heterocycles. The molecule has 0 N–H and O–H groups in total. The molecule has 0 aliphatic carbocycles. The average Bonchev–Trinajstić information content (AvgIpc) is 1.89. The Morgan fingerprint density at radius 3 is 2.78 bits per heavy atom. The summed E-state index contributed by atoms with van der Waals surface area (Å²) >= 11 is 0. The zero-order chi connectivity index (χ0) is 7.11. The van der Waals surface area contributed by atoms with E-state index in [0.717, 1.165) is 6.42 Å². The molecule has 9 heavy (non-hydrogen) atoms. The van der Waals surface area contributed by atoms with Gasteiger partial charge in [-0.15, -0.1) is 0 Å². The standard InChI is InChI=1S/C8H13N/c1-4-6-9-7-8(3)5-2/h4,6-7H,1,5H2,2-3H3. The summed E-state index contributed by atoms with van der Waals surface area (Å²) in [6.45, 7) is 7.67. The third-order valence-electron chi connectivity index (χ3n) is 1.04. The van der Waals surface area contributed by atoms with Crippen molar-refractivity contribution in [2.45, 2.75) is 20.3 Å². The van der Waals surface area contributed by atoms with Crippen LogP contribution in [0, 0.1) is 0 Å². The summed E-state index contributed by atoms with van der Waals surface area (Å²) in [5, 5.41) is 0. The van der Waals surface area contributed by atoms with Crippen LogP contribution >= 0.6 is 0 Å². The summed E-state index contributed by atoms with van der Waals surface area (Å²) in [6.07, 6.45) is 6.26. The van der Waals surface area contributed by atoms with Gasteiger partial charge in [0.05, 0.1) is 0 Å². The SMILES string of the molecule is C=CC=NC=C(C)CC. The molecular weight excluding hydrogens is 110 g/mol. The van der Waals surface area contributed by atoms with E-state index in [1.807, 2.05) is 6.20 Å². The molecule has 0 heterocycles. The van der Waals surface area contributed by atoms with Crippen LogP contribution in [0.15, 0.2) is 29.4 Å². The van der Waals surface area contributed by atoms with Crippen LogP contribution < -0.4 is 0 Å². The minimum Gasteiger partial charge on any atom is -0.265 e. The Kier molecular flexibility index (Phi) is 4.79. The second-order valence-corrected chi connectivity index (χ2v) is 1.86. The summed E-state index contributed by atoms with van der Waals surface area (Å²) in [7, 11) is 0. The first-order valence-corrected chi connectivity index (χ1v) is 3.11. The zero-order valence-corrected chi connectivity index (χ0v) is 6.09. The summed E-state index contributed by atoms with van der Waals surface area (Å²) in [5.41, 5.74) is 1.29. The lowest BCUT2D eigenvalue weighted by atomic mass is 10.3. The molecule has 0 aliphatic heterocycles. The van der Waals surface area contributed by atoms with Crippen molar-refractivity contribution in [1.82, 2.24) is 0 Å². The fourth-order valence-corrected chi connectivity index (χ4v) is 0.322. The third-order valence-corrected chi connectivity index (χ3v) is 1.04. The molecule has 0 aliphatic rings. The smallest absolute Gasteiger partial charge is 0.0261 e. The van der Waals surface area contributed by atoms with Crippen LogP contribution in [-0.2, 0) is 0 Å². The molecule has 1 nitrogen and oxygen atoms in total. The molecule has 0 bridgehead atoms. The molecule has 0 unspecified atom stereocenters. The van der Waals surface area contributed by atoms with Crippen molar-refractivity contribution in [1.29, 1.82) is 0 Å². The molecule has 1 heteroatoms. The maximum Gasteiger partial charge on any atom is 0.0261 e. The lowest BCUT2D eigenvalue weighted by molar-refractivity contribution is 1.09. The summed E-state index contributed by atoms with van der Waals surface area (Å²) in [4.78, 5) is 3.96. The van der Waals surface area contributed by atoms with E-state index in [4.69, 9.17) is 0 Å². The van der Waals surface area contributed by atoms with Crippen molar-refractivity contribution >= 4 is 6.21 Å². The Morgan fingerprint density at radius 2 is 2.33 bits per heavy atom. The lowest BCUT2D eigenvalue weighted by Crippen LogP contribution is -1.68. The second-order valence-electron chi connectivity index (χ2n) is 1.86. The lowest BCUT2D eigenvalue weighted by Gasteiger charge is -1.86. The zero-order valence-electron chi connectivity index (χ0n) is 6.09. The minimum absolute atomic E-state index is 1.06. The topological polar surface area (TPSA) is 12.4 Å². The van der Waals surface area contributed by atoms with Gasteiger partial charge in [0.25, 0.3) is 0 Å². The fraction of sp³-hybridized carbons (Fsp3) is 0.375. The number of allylic oxidation sites excluding steroid dienone is 2. The molecular formula is C8H13N. The Labute approximate surface area is 56.8 Å². The molecule has 0 aromatic carbocycles. The van der Waals surface area contributed by atoms with Gasteiger partial charge in [-0.25, -0.2) is 0 Å². The molecule has 0 saturated heterocycles. The van der Waals surface area contributed by atoms with E-state index >= 15 is 0 Å². The molecule has 0 fully saturated rings. The summed E-state index contributed by atoms with van der Waals surface area (Å²) in [5.74, 6) is 0. The normalized spacial score (nSPS) is 12.4. The second kappa shape index (κ2) is 5.29. The molecule has 0 atom stereocenters. The quantitative estimate of drug-likeness (QED) is 0.511. The number of nitrogens with zero attached hydrogens (tertiary/aromatic N) is 1. The van der Waals surface area contributed by atoms with Crippen LogP contribution in [0.4, 0.5) is 0 Å². The van der Waals surface area contributed by atoms with Crippen LogP contribution in [0.5, 0.6) is 0 Å². The van der Waals surface area contributed by atoms with Crippen molar-refractivity contribution < 1.29 is 0 Å². The molecule has 0 saturated carbocycles. The molecule has 50 valence electrons. The molecule has 0 rings (SSSR count). The van der Waals surface area contributed by atoms with Gasteiger partial charge in [-0.2, -0.15) is 0 Å². The van der Waals surface area contributed by atoms with E-state index in [1.165, 1.54) is 5.57 Å². The van der Waals surface area contributed by atoms with E-state index in [-0.39, 0.29) is 0 Å². The van der Waals surface area contributed by atoms with Crippen molar-refractivity contribution in [3.05, 3.63) is 24.4 Å². The van der Waals surface area contributed by atoms with Crippen molar-refractivity contribution in [2.75, 3.05) is 0 Å². The predicted octanol–water partition coefficient (Wildman–Crippen LogP) is 2.56. The maximum absolute atomic E-state index is 3.96. The van der Waals surface area contributed by atoms with E-state index in [2.05, 4.69) is 25.4 Å². The fourth-order valence-electron chi connectivity index (χ4n) is 0.322. The highest BCUT2D eigenvalue weighted by Crippen LogP contribution is 1.96. The largest absolute Gasteiger partial charge is 0.265 e. The van der Waals surface area contributed by atoms with Crippen LogP contribution in [0.3, 0.4) is 0 Å². The van der Waals surface area contributed by atoms with Gasteiger partial charge >= 0.3 is 0 Å². The predicted molar refractivity (Wildman–Crippen MR) is 42.7 cm³/mol. The van der Waals surface area contributed by atoms with Crippen LogP contribution in [0.2, 0.25) is 0 Å². The average molecular weight is 123 g/mol. The summed E-state index contributed by atoms with van der Waals surface area (Å²) in [6, 6.07) is 0. The Balaban J connectivity index is 3.67. The van der Waals surface area contributed by atoms with E-state index in [9.17, 15) is 0 Å². The van der Waals surface area contributed by atoms with E-state index < -0.39 is 0 Å². The number of rotatable bonds is 3. The van der Waals surface area contributed by atoms with Gasteiger partial charge in [-0.05, 0) is 13.3 Å². The van der Waals surface area contributed by atoms with Crippen LogP contribution in [0.25, 0.3) is 0 Å². The van der Waals surface area contributed by atoms with Crippen molar-refractivity contribution in [2.24, 2.45) is 4.99 Å². The van der Waals surface area contributed by atoms with Gasteiger partial charge < -0.3 is 0 Å². The minimum atomic E-state index is 1.06. The number of aliphatic imine (C=N–C) groups is 1. The van der Waals surface area contributed by atoms with Gasteiger partial charge in [-0.3, -0.25) is 4.99 Å². The van der Waals surface area contributed by atoms with Crippen LogP contribution in [-0.4, -0.2) is 6.21 Å². The van der Waals surface area contributed by atoms with Gasteiger partial charge in [0.2, 0.25) is 0 Å².